The maximum absolute atomic E-state index is 11.5. The first-order valence-electron chi connectivity index (χ1n) is 5.93. The van der Waals surface area contributed by atoms with Gasteiger partial charge in [-0.05, 0) is 13.8 Å². The number of rotatable bonds is 3. The molecule has 1 aromatic rings. The Hall–Kier alpha value is -1.47. The summed E-state index contributed by atoms with van der Waals surface area (Å²) >= 11 is 1.13. The van der Waals surface area contributed by atoms with E-state index >= 15 is 0 Å². The first-order chi connectivity index (χ1) is 8.83. The van der Waals surface area contributed by atoms with Gasteiger partial charge >= 0.3 is 5.97 Å². The third kappa shape index (κ3) is 2.62. The number of ether oxygens (including phenoxy) is 1. The van der Waals surface area contributed by atoms with Crippen LogP contribution >= 0.6 is 11.3 Å². The highest BCUT2D eigenvalue weighted by molar-refractivity contribution is 7.17. The zero-order valence-corrected chi connectivity index (χ0v) is 11.9. The molecule has 19 heavy (non-hydrogen) atoms. The molecule has 0 radical (unpaired) electrons. The molecule has 0 unspecified atom stereocenters. The first kappa shape index (κ1) is 14.0. The molecule has 0 spiro atoms. The normalized spacial score (nSPS) is 18.4. The van der Waals surface area contributed by atoms with Crippen molar-refractivity contribution in [3.63, 3.8) is 0 Å². The van der Waals surface area contributed by atoms with Crippen LogP contribution < -0.4 is 4.90 Å². The molecule has 7 heteroatoms. The highest BCUT2D eigenvalue weighted by atomic mass is 32.1. The van der Waals surface area contributed by atoms with Crippen LogP contribution in [0.25, 0.3) is 0 Å². The van der Waals surface area contributed by atoms with E-state index in [4.69, 9.17) is 9.84 Å². The largest absolute Gasteiger partial charge is 0.476 e. The van der Waals surface area contributed by atoms with Gasteiger partial charge in [-0.15, -0.1) is 0 Å². The fraction of sp³-hybridized carbons (Fsp3) is 0.583. The van der Waals surface area contributed by atoms with Crippen molar-refractivity contribution in [3.8, 4) is 0 Å². The molecule has 0 aromatic carbocycles. The van der Waals surface area contributed by atoms with Crippen LogP contribution in [-0.2, 0) is 4.74 Å². The van der Waals surface area contributed by atoms with Crippen molar-refractivity contribution in [2.24, 2.45) is 0 Å². The topological polar surface area (TPSA) is 79.7 Å². The van der Waals surface area contributed by atoms with E-state index in [1.54, 1.807) is 0 Å². The van der Waals surface area contributed by atoms with Gasteiger partial charge in [-0.2, -0.15) is 0 Å². The smallest absolute Gasteiger partial charge is 0.356 e. The molecule has 1 aromatic heterocycles. The van der Waals surface area contributed by atoms with E-state index in [2.05, 4.69) is 4.98 Å². The molecule has 0 aliphatic carbocycles. The molecule has 2 heterocycles. The number of carbonyl (C=O) groups excluding carboxylic acids is 1. The van der Waals surface area contributed by atoms with Gasteiger partial charge in [0.2, 0.25) is 0 Å². The van der Waals surface area contributed by atoms with Gasteiger partial charge in [0.15, 0.2) is 16.6 Å². The second kappa shape index (κ2) is 4.90. The molecule has 6 nitrogen and oxygen atoms in total. The zero-order chi connectivity index (χ0) is 14.2. The van der Waals surface area contributed by atoms with E-state index in [0.29, 0.717) is 24.9 Å². The Morgan fingerprint density at radius 3 is 2.63 bits per heavy atom. The van der Waals surface area contributed by atoms with Crippen LogP contribution in [0.2, 0.25) is 0 Å². The molecule has 1 aliphatic rings. The lowest BCUT2D eigenvalue weighted by molar-refractivity contribution is 0.0641. The Kier molecular flexibility index (Phi) is 3.60. The number of Topliss-reactive ketones (excluding diaryl/α,β-unsaturated/α-hetero) is 1. The highest BCUT2D eigenvalue weighted by Crippen LogP contribution is 2.33. The number of anilines is 1. The van der Waals surface area contributed by atoms with Crippen molar-refractivity contribution < 1.29 is 19.4 Å². The third-order valence-electron chi connectivity index (χ3n) is 3.01. The van der Waals surface area contributed by atoms with Crippen LogP contribution in [-0.4, -0.2) is 47.1 Å². The lowest BCUT2D eigenvalue weighted by Crippen LogP contribution is -2.53. The van der Waals surface area contributed by atoms with Crippen LogP contribution in [0, 0.1) is 0 Å². The molecule has 1 aliphatic heterocycles. The minimum absolute atomic E-state index is 0.158. The Bertz CT molecular complexity index is 492. The zero-order valence-electron chi connectivity index (χ0n) is 11.1. The van der Waals surface area contributed by atoms with Crippen LogP contribution in [0.4, 0.5) is 5.13 Å². The van der Waals surface area contributed by atoms with Crippen molar-refractivity contribution >= 4 is 28.2 Å². The van der Waals surface area contributed by atoms with Gasteiger partial charge in [-0.3, -0.25) is 4.79 Å². The number of carboxylic acid groups (broad SMARTS) is 1. The first-order valence-corrected chi connectivity index (χ1v) is 6.75. The molecular weight excluding hydrogens is 268 g/mol. The Morgan fingerprint density at radius 2 is 2.16 bits per heavy atom. The van der Waals surface area contributed by atoms with E-state index in [0.717, 1.165) is 11.3 Å². The summed E-state index contributed by atoms with van der Waals surface area (Å²) in [6.45, 7) is 7.11. The summed E-state index contributed by atoms with van der Waals surface area (Å²) in [5.74, 6) is -1.44. The van der Waals surface area contributed by atoms with Crippen LogP contribution in [0.1, 0.15) is 40.9 Å². The molecule has 0 amide bonds. The fourth-order valence-corrected chi connectivity index (χ4v) is 3.16. The van der Waals surface area contributed by atoms with Crippen LogP contribution in [0.5, 0.6) is 0 Å². The Morgan fingerprint density at radius 1 is 1.47 bits per heavy atom. The number of nitrogens with zero attached hydrogens (tertiary/aromatic N) is 2. The lowest BCUT2D eigenvalue weighted by Gasteiger charge is -2.41. The molecule has 1 saturated heterocycles. The Labute approximate surface area is 115 Å². The summed E-state index contributed by atoms with van der Waals surface area (Å²) in [6.07, 6.45) is 0. The van der Waals surface area contributed by atoms with Gasteiger partial charge in [0, 0.05) is 13.5 Å². The van der Waals surface area contributed by atoms with Crippen molar-refractivity contribution in [3.05, 3.63) is 10.6 Å². The van der Waals surface area contributed by atoms with Crippen molar-refractivity contribution in [2.45, 2.75) is 26.3 Å². The number of carboxylic acids is 1. The number of ketones is 1. The number of morpholine rings is 1. The van der Waals surface area contributed by atoms with Crippen molar-refractivity contribution in [1.29, 1.82) is 0 Å². The van der Waals surface area contributed by atoms with Crippen molar-refractivity contribution in [2.75, 3.05) is 24.7 Å². The molecule has 104 valence electrons. The van der Waals surface area contributed by atoms with E-state index in [1.807, 2.05) is 18.7 Å². The van der Waals surface area contributed by atoms with E-state index in [1.165, 1.54) is 6.92 Å². The standard InChI is InChI=1S/C12H16N2O4S/c1-7(15)9-8(10(16)17)13-11(19-9)14-4-5-18-6-12(14,2)3/h4-6H2,1-3H3,(H,16,17). The number of thiazole rings is 1. The Balaban J connectivity index is 2.43. The summed E-state index contributed by atoms with van der Waals surface area (Å²) in [4.78, 5) is 28.9. The summed E-state index contributed by atoms with van der Waals surface area (Å²) in [5.41, 5.74) is -0.422. The second-order valence-electron chi connectivity index (χ2n) is 5.05. The van der Waals surface area contributed by atoms with Crippen LogP contribution in [0.15, 0.2) is 0 Å². The van der Waals surface area contributed by atoms with Crippen LogP contribution in [0.3, 0.4) is 0 Å². The number of hydrogen-bond donors (Lipinski definition) is 1. The molecule has 2 rings (SSSR count). The maximum atomic E-state index is 11.5. The minimum atomic E-state index is -1.17. The van der Waals surface area contributed by atoms with Gasteiger partial charge in [0.25, 0.3) is 0 Å². The number of aromatic carboxylic acids is 1. The molecule has 1 N–H and O–H groups in total. The lowest BCUT2D eigenvalue weighted by atomic mass is 10.0. The number of carbonyl (C=O) groups is 2. The van der Waals surface area contributed by atoms with Gasteiger partial charge in [-0.25, -0.2) is 9.78 Å². The van der Waals surface area contributed by atoms with Gasteiger partial charge < -0.3 is 14.7 Å². The molecular formula is C12H16N2O4S. The average Bonchev–Trinajstić information content (AvgIpc) is 2.73. The average molecular weight is 284 g/mol. The number of aromatic nitrogens is 1. The second-order valence-corrected chi connectivity index (χ2v) is 6.03. The summed E-state index contributed by atoms with van der Waals surface area (Å²) in [6, 6.07) is 0. The number of hydrogen-bond acceptors (Lipinski definition) is 6. The van der Waals surface area contributed by atoms with Gasteiger partial charge in [-0.1, -0.05) is 11.3 Å². The molecule has 0 saturated carbocycles. The predicted molar refractivity (Wildman–Crippen MR) is 71.3 cm³/mol. The quantitative estimate of drug-likeness (QED) is 0.850. The molecule has 1 fully saturated rings. The van der Waals surface area contributed by atoms with E-state index < -0.39 is 5.97 Å². The maximum Gasteiger partial charge on any atom is 0.356 e. The molecule has 0 bridgehead atoms. The fourth-order valence-electron chi connectivity index (χ4n) is 2.02. The van der Waals surface area contributed by atoms with Gasteiger partial charge in [0.05, 0.1) is 18.8 Å². The van der Waals surface area contributed by atoms with E-state index in [-0.39, 0.29) is 21.9 Å². The summed E-state index contributed by atoms with van der Waals surface area (Å²) in [5, 5.41) is 9.67. The molecule has 0 atom stereocenters. The monoisotopic (exact) mass is 284 g/mol. The third-order valence-corrected chi connectivity index (χ3v) is 4.19. The van der Waals surface area contributed by atoms with Crippen molar-refractivity contribution in [1.82, 2.24) is 4.98 Å². The SMILES string of the molecule is CC(=O)c1sc(N2CCOCC2(C)C)nc1C(=O)O. The summed E-state index contributed by atoms with van der Waals surface area (Å²) in [7, 11) is 0. The van der Waals surface area contributed by atoms with Gasteiger partial charge in [0.1, 0.15) is 4.88 Å². The predicted octanol–water partition coefficient (Wildman–Crippen LogP) is 1.66. The summed E-state index contributed by atoms with van der Waals surface area (Å²) < 4.78 is 5.42. The highest BCUT2D eigenvalue weighted by Gasteiger charge is 2.34. The minimum Gasteiger partial charge on any atom is -0.476 e. The van der Waals surface area contributed by atoms with E-state index in [9.17, 15) is 9.59 Å².